The molecule has 116 valence electrons. The van der Waals surface area contributed by atoms with Gasteiger partial charge in [0.25, 0.3) is 0 Å². The Morgan fingerprint density at radius 1 is 1.19 bits per heavy atom. The van der Waals surface area contributed by atoms with Crippen LogP contribution in [0.1, 0.15) is 32.1 Å². The van der Waals surface area contributed by atoms with E-state index in [1.807, 2.05) is 30.4 Å². The standard InChI is InChI=1S/C19H28O2/c1-5-8-10-11-13-15-18(19(20)21-4)16-17(7-3)14-12-9-6-2/h5-7,9,12-13,15,17-18H,1-3,8,10-11,14,16H2,4H3. The average Bonchev–Trinajstić information content (AvgIpc) is 2.51. The van der Waals surface area contributed by atoms with Crippen LogP contribution in [-0.4, -0.2) is 13.1 Å². The quantitative estimate of drug-likeness (QED) is 0.218. The first-order valence-electron chi connectivity index (χ1n) is 7.45. The Morgan fingerprint density at radius 3 is 2.52 bits per heavy atom. The SMILES string of the molecule is C=CC=CCC(C=C)CC(C=CCCCC=C)C(=O)OC. The van der Waals surface area contributed by atoms with Gasteiger partial charge in [-0.15, -0.1) is 13.2 Å². The highest BCUT2D eigenvalue weighted by Gasteiger charge is 2.19. The summed E-state index contributed by atoms with van der Waals surface area (Å²) in [6.07, 6.45) is 18.1. The van der Waals surface area contributed by atoms with Gasteiger partial charge in [-0.3, -0.25) is 4.79 Å². The van der Waals surface area contributed by atoms with E-state index in [0.29, 0.717) is 0 Å². The number of hydrogen-bond donors (Lipinski definition) is 0. The van der Waals surface area contributed by atoms with Crippen molar-refractivity contribution in [2.24, 2.45) is 11.8 Å². The van der Waals surface area contributed by atoms with Crippen molar-refractivity contribution in [1.29, 1.82) is 0 Å². The van der Waals surface area contributed by atoms with E-state index < -0.39 is 0 Å². The molecule has 0 radical (unpaired) electrons. The largest absolute Gasteiger partial charge is 0.469 e. The first kappa shape index (κ1) is 19.2. The zero-order chi connectivity index (χ0) is 15.9. The number of methoxy groups -OCH3 is 1. The molecule has 0 saturated heterocycles. The molecule has 0 aromatic heterocycles. The predicted molar refractivity (Wildman–Crippen MR) is 91.0 cm³/mol. The lowest BCUT2D eigenvalue weighted by Crippen LogP contribution is -2.17. The molecule has 2 heteroatoms. The Bertz CT molecular complexity index is 377. The smallest absolute Gasteiger partial charge is 0.312 e. The van der Waals surface area contributed by atoms with Crippen molar-refractivity contribution in [2.75, 3.05) is 7.11 Å². The first-order chi connectivity index (χ1) is 10.2. The van der Waals surface area contributed by atoms with Crippen LogP contribution in [0.4, 0.5) is 0 Å². The minimum atomic E-state index is -0.209. The molecule has 0 fully saturated rings. The van der Waals surface area contributed by atoms with Gasteiger partial charge in [0, 0.05) is 0 Å². The van der Waals surface area contributed by atoms with Gasteiger partial charge in [-0.25, -0.2) is 0 Å². The second kappa shape index (κ2) is 13.2. The number of unbranched alkanes of at least 4 members (excludes halogenated alkanes) is 2. The van der Waals surface area contributed by atoms with E-state index in [2.05, 4.69) is 25.8 Å². The van der Waals surface area contributed by atoms with Gasteiger partial charge in [-0.1, -0.05) is 49.1 Å². The third kappa shape index (κ3) is 9.67. The summed E-state index contributed by atoms with van der Waals surface area (Å²) in [7, 11) is 1.43. The van der Waals surface area contributed by atoms with Crippen molar-refractivity contribution in [1.82, 2.24) is 0 Å². The minimum absolute atomic E-state index is 0.186. The van der Waals surface area contributed by atoms with Crippen LogP contribution in [0.25, 0.3) is 0 Å². The summed E-state index contributed by atoms with van der Waals surface area (Å²) >= 11 is 0. The van der Waals surface area contributed by atoms with Crippen molar-refractivity contribution < 1.29 is 9.53 Å². The molecule has 0 spiro atoms. The van der Waals surface area contributed by atoms with E-state index in [1.54, 1.807) is 6.08 Å². The third-order valence-electron chi connectivity index (χ3n) is 3.25. The van der Waals surface area contributed by atoms with Gasteiger partial charge in [0.05, 0.1) is 13.0 Å². The van der Waals surface area contributed by atoms with Crippen LogP contribution >= 0.6 is 0 Å². The zero-order valence-corrected chi connectivity index (χ0v) is 13.2. The second-order valence-corrected chi connectivity index (χ2v) is 4.91. The Balaban J connectivity index is 4.54. The third-order valence-corrected chi connectivity index (χ3v) is 3.25. The number of ether oxygens (including phenoxy) is 1. The molecule has 21 heavy (non-hydrogen) atoms. The molecule has 0 aliphatic heterocycles. The van der Waals surface area contributed by atoms with Crippen LogP contribution in [-0.2, 0) is 9.53 Å². The summed E-state index contributed by atoms with van der Waals surface area (Å²) in [5.41, 5.74) is 0. The van der Waals surface area contributed by atoms with Gasteiger partial charge in [0.2, 0.25) is 0 Å². The van der Waals surface area contributed by atoms with Crippen molar-refractivity contribution in [3.63, 3.8) is 0 Å². The lowest BCUT2D eigenvalue weighted by Gasteiger charge is -2.15. The summed E-state index contributed by atoms with van der Waals surface area (Å²) in [6, 6.07) is 0. The van der Waals surface area contributed by atoms with Crippen LogP contribution in [0, 0.1) is 11.8 Å². The molecule has 0 saturated carbocycles. The Labute approximate surface area is 129 Å². The fourth-order valence-electron chi connectivity index (χ4n) is 2.01. The monoisotopic (exact) mass is 288 g/mol. The van der Waals surface area contributed by atoms with E-state index in [4.69, 9.17) is 4.74 Å². The lowest BCUT2D eigenvalue weighted by atomic mass is 9.91. The molecule has 0 amide bonds. The molecular formula is C19H28O2. The molecule has 0 N–H and O–H groups in total. The summed E-state index contributed by atoms with van der Waals surface area (Å²) in [5.74, 6) is -0.142. The summed E-state index contributed by atoms with van der Waals surface area (Å²) in [4.78, 5) is 11.9. The fourth-order valence-corrected chi connectivity index (χ4v) is 2.01. The first-order valence-corrected chi connectivity index (χ1v) is 7.45. The van der Waals surface area contributed by atoms with Gasteiger partial charge >= 0.3 is 5.97 Å². The number of allylic oxidation sites excluding steroid dienone is 6. The van der Waals surface area contributed by atoms with Crippen LogP contribution in [0.3, 0.4) is 0 Å². The minimum Gasteiger partial charge on any atom is -0.469 e. The maximum Gasteiger partial charge on any atom is 0.312 e. The van der Waals surface area contributed by atoms with Gasteiger partial charge < -0.3 is 4.74 Å². The van der Waals surface area contributed by atoms with Crippen molar-refractivity contribution in [3.8, 4) is 0 Å². The van der Waals surface area contributed by atoms with Gasteiger partial charge in [0.15, 0.2) is 0 Å². The van der Waals surface area contributed by atoms with Crippen molar-refractivity contribution in [3.05, 3.63) is 62.3 Å². The number of esters is 1. The van der Waals surface area contributed by atoms with E-state index in [0.717, 1.165) is 32.1 Å². The van der Waals surface area contributed by atoms with E-state index in [9.17, 15) is 4.79 Å². The Hall–Kier alpha value is -1.83. The van der Waals surface area contributed by atoms with Crippen LogP contribution in [0.2, 0.25) is 0 Å². The maximum atomic E-state index is 11.9. The summed E-state index contributed by atoms with van der Waals surface area (Å²) in [6.45, 7) is 11.2. The van der Waals surface area contributed by atoms with Gasteiger partial charge in [-0.05, 0) is 38.0 Å². The van der Waals surface area contributed by atoms with Crippen LogP contribution in [0.5, 0.6) is 0 Å². The normalized spacial score (nSPS) is 14.0. The molecule has 2 atom stereocenters. The highest BCUT2D eigenvalue weighted by Crippen LogP contribution is 2.20. The van der Waals surface area contributed by atoms with E-state index in [-0.39, 0.29) is 17.8 Å². The topological polar surface area (TPSA) is 26.3 Å². The Kier molecular flexibility index (Phi) is 12.0. The van der Waals surface area contributed by atoms with Gasteiger partial charge in [-0.2, -0.15) is 0 Å². The average molecular weight is 288 g/mol. The maximum absolute atomic E-state index is 11.9. The van der Waals surface area contributed by atoms with Crippen molar-refractivity contribution in [2.45, 2.75) is 32.1 Å². The zero-order valence-electron chi connectivity index (χ0n) is 13.2. The molecular weight excluding hydrogens is 260 g/mol. The number of hydrogen-bond acceptors (Lipinski definition) is 2. The molecule has 0 rings (SSSR count). The molecule has 0 heterocycles. The Morgan fingerprint density at radius 2 is 1.95 bits per heavy atom. The predicted octanol–water partition coefficient (Wildman–Crippen LogP) is 5.01. The van der Waals surface area contributed by atoms with Crippen molar-refractivity contribution >= 4 is 5.97 Å². The summed E-state index contributed by atoms with van der Waals surface area (Å²) < 4.78 is 4.89. The molecule has 0 aliphatic rings. The highest BCUT2D eigenvalue weighted by molar-refractivity contribution is 5.74. The van der Waals surface area contributed by atoms with Gasteiger partial charge in [0.1, 0.15) is 0 Å². The number of rotatable bonds is 12. The molecule has 0 aliphatic carbocycles. The molecule has 0 aromatic carbocycles. The lowest BCUT2D eigenvalue weighted by molar-refractivity contribution is -0.144. The highest BCUT2D eigenvalue weighted by atomic mass is 16.5. The van der Waals surface area contributed by atoms with E-state index in [1.165, 1.54) is 7.11 Å². The fraction of sp³-hybridized carbons (Fsp3) is 0.421. The van der Waals surface area contributed by atoms with Crippen LogP contribution in [0.15, 0.2) is 62.3 Å². The number of carbonyl (C=O) groups is 1. The van der Waals surface area contributed by atoms with Crippen LogP contribution < -0.4 is 0 Å². The van der Waals surface area contributed by atoms with E-state index >= 15 is 0 Å². The molecule has 0 aromatic rings. The summed E-state index contributed by atoms with van der Waals surface area (Å²) in [5, 5.41) is 0. The molecule has 0 bridgehead atoms. The molecule has 2 nitrogen and oxygen atoms in total. The number of carbonyl (C=O) groups excluding carboxylic acids is 1. The second-order valence-electron chi connectivity index (χ2n) is 4.91. The molecule has 2 unspecified atom stereocenters.